The Hall–Kier alpha value is -3.47. The third-order valence-electron chi connectivity index (χ3n) is 3.91. The topological polar surface area (TPSA) is 53.4 Å². The number of hydrogen-bond acceptors (Lipinski definition) is 4. The second kappa shape index (κ2) is 7.64. The van der Waals surface area contributed by atoms with Gasteiger partial charge in [-0.15, -0.1) is 13.2 Å². The minimum Gasteiger partial charge on any atom is -0.465 e. The van der Waals surface area contributed by atoms with E-state index < -0.39 is 12.3 Å². The average Bonchev–Trinajstić information content (AvgIpc) is 2.99. The summed E-state index contributed by atoms with van der Waals surface area (Å²) in [6.45, 7) is 1.90. The number of para-hydroxylation sites is 1. The van der Waals surface area contributed by atoms with E-state index in [9.17, 15) is 18.0 Å². The van der Waals surface area contributed by atoms with Crippen LogP contribution in [0.4, 0.5) is 13.2 Å². The molecule has 28 heavy (non-hydrogen) atoms. The molecule has 1 heterocycles. The summed E-state index contributed by atoms with van der Waals surface area (Å²) in [6, 6.07) is 10.6. The largest absolute Gasteiger partial charge is 0.573 e. The summed E-state index contributed by atoms with van der Waals surface area (Å²) in [5, 5.41) is 5.15. The standard InChI is InChI=1S/C20H15F3N2O3/c1-3-5-17-15-6-4-7-16(19(26)27-2)18(15)25(24-17)12-13-8-10-14(11-9-13)28-20(21,22)23/h4,6-11H,12H2,1-2H3. The van der Waals surface area contributed by atoms with Gasteiger partial charge in [-0.2, -0.15) is 5.10 Å². The Balaban J connectivity index is 2.02. The average molecular weight is 388 g/mol. The lowest BCUT2D eigenvalue weighted by Gasteiger charge is -2.10. The zero-order valence-corrected chi connectivity index (χ0v) is 15.0. The second-order valence-electron chi connectivity index (χ2n) is 5.77. The number of hydrogen-bond donors (Lipinski definition) is 0. The maximum absolute atomic E-state index is 12.3. The van der Waals surface area contributed by atoms with E-state index in [0.717, 1.165) is 0 Å². The quantitative estimate of drug-likeness (QED) is 0.498. The Labute approximate surface area is 158 Å². The predicted octanol–water partition coefficient (Wildman–Crippen LogP) is 4.14. The highest BCUT2D eigenvalue weighted by molar-refractivity contribution is 6.04. The number of nitrogens with zero attached hydrogens (tertiary/aromatic N) is 2. The number of esters is 1. The Kier molecular flexibility index (Phi) is 5.27. The van der Waals surface area contributed by atoms with Gasteiger partial charge in [0, 0.05) is 5.39 Å². The van der Waals surface area contributed by atoms with Gasteiger partial charge in [0.05, 0.1) is 24.7 Å². The third kappa shape index (κ3) is 4.09. The Bertz CT molecular complexity index is 1070. The summed E-state index contributed by atoms with van der Waals surface area (Å²) in [5.41, 5.74) is 2.05. The smallest absolute Gasteiger partial charge is 0.465 e. The number of fused-ring (bicyclic) bond motifs is 1. The lowest BCUT2D eigenvalue weighted by molar-refractivity contribution is -0.274. The molecule has 0 bridgehead atoms. The van der Waals surface area contributed by atoms with Crippen molar-refractivity contribution in [3.05, 3.63) is 59.3 Å². The number of rotatable bonds is 4. The second-order valence-corrected chi connectivity index (χ2v) is 5.77. The molecule has 0 aliphatic heterocycles. The number of carbonyl (C=O) groups is 1. The van der Waals surface area contributed by atoms with Crippen LogP contribution < -0.4 is 4.74 Å². The molecule has 0 aliphatic rings. The molecule has 0 amide bonds. The number of halogens is 3. The monoisotopic (exact) mass is 388 g/mol. The van der Waals surface area contributed by atoms with E-state index in [2.05, 4.69) is 21.7 Å². The number of aromatic nitrogens is 2. The lowest BCUT2D eigenvalue weighted by Crippen LogP contribution is -2.17. The lowest BCUT2D eigenvalue weighted by atomic mass is 10.1. The summed E-state index contributed by atoms with van der Waals surface area (Å²) in [6.07, 6.45) is -4.75. The molecule has 1 aromatic heterocycles. The minimum atomic E-state index is -4.75. The van der Waals surface area contributed by atoms with E-state index in [1.54, 1.807) is 29.8 Å². The maximum atomic E-state index is 12.3. The fraction of sp³-hybridized carbons (Fsp3) is 0.200. The number of benzene rings is 2. The van der Waals surface area contributed by atoms with Crippen molar-refractivity contribution in [2.24, 2.45) is 0 Å². The first-order valence-electron chi connectivity index (χ1n) is 8.17. The molecule has 0 N–H and O–H groups in total. The molecular formula is C20H15F3N2O3. The number of methoxy groups -OCH3 is 1. The van der Waals surface area contributed by atoms with Crippen LogP contribution in [-0.2, 0) is 11.3 Å². The summed E-state index contributed by atoms with van der Waals surface area (Å²) in [5.74, 6) is 4.85. The zero-order chi connectivity index (χ0) is 20.3. The highest BCUT2D eigenvalue weighted by Crippen LogP contribution is 2.26. The highest BCUT2D eigenvalue weighted by atomic mass is 19.4. The van der Waals surface area contributed by atoms with Gasteiger partial charge in [0.15, 0.2) is 0 Å². The normalized spacial score (nSPS) is 11.0. The van der Waals surface area contributed by atoms with Gasteiger partial charge in [-0.3, -0.25) is 4.68 Å². The number of carbonyl (C=O) groups excluding carboxylic acids is 1. The molecule has 0 aliphatic carbocycles. The Morgan fingerprint density at radius 3 is 2.50 bits per heavy atom. The van der Waals surface area contributed by atoms with E-state index >= 15 is 0 Å². The van der Waals surface area contributed by atoms with Gasteiger partial charge in [-0.1, -0.05) is 24.1 Å². The van der Waals surface area contributed by atoms with Gasteiger partial charge >= 0.3 is 12.3 Å². The van der Waals surface area contributed by atoms with Crippen LogP contribution in [0.25, 0.3) is 10.9 Å². The van der Waals surface area contributed by atoms with Crippen LogP contribution in [-0.4, -0.2) is 29.2 Å². The van der Waals surface area contributed by atoms with E-state index in [1.807, 2.05) is 0 Å². The number of ether oxygens (including phenoxy) is 2. The fourth-order valence-corrected chi connectivity index (χ4v) is 2.81. The molecule has 0 saturated carbocycles. The molecule has 0 fully saturated rings. The molecule has 8 heteroatoms. The highest BCUT2D eigenvalue weighted by Gasteiger charge is 2.31. The SMILES string of the molecule is CC#Cc1nn(Cc2ccc(OC(F)(F)F)cc2)c2c(C(=O)OC)cccc12. The van der Waals surface area contributed by atoms with Gasteiger partial charge < -0.3 is 9.47 Å². The van der Waals surface area contributed by atoms with Crippen molar-refractivity contribution in [1.29, 1.82) is 0 Å². The van der Waals surface area contributed by atoms with Crippen LogP contribution in [0.5, 0.6) is 5.75 Å². The van der Waals surface area contributed by atoms with Gasteiger partial charge in [0.25, 0.3) is 0 Å². The van der Waals surface area contributed by atoms with Gasteiger partial charge in [0.2, 0.25) is 0 Å². The zero-order valence-electron chi connectivity index (χ0n) is 15.0. The summed E-state index contributed by atoms with van der Waals surface area (Å²) < 4.78 is 47.2. The predicted molar refractivity (Wildman–Crippen MR) is 95.9 cm³/mol. The molecule has 0 radical (unpaired) electrons. The molecule has 0 spiro atoms. The van der Waals surface area contributed by atoms with Crippen molar-refractivity contribution >= 4 is 16.9 Å². The van der Waals surface area contributed by atoms with Crippen LogP contribution in [0.15, 0.2) is 42.5 Å². The van der Waals surface area contributed by atoms with Crippen LogP contribution in [0, 0.1) is 11.8 Å². The van der Waals surface area contributed by atoms with Crippen LogP contribution in [0.2, 0.25) is 0 Å². The van der Waals surface area contributed by atoms with Crippen LogP contribution in [0.1, 0.15) is 28.5 Å². The Morgan fingerprint density at radius 1 is 1.18 bits per heavy atom. The van der Waals surface area contributed by atoms with Gasteiger partial charge in [-0.05, 0) is 42.7 Å². The first kappa shape index (κ1) is 19.3. The van der Waals surface area contributed by atoms with Crippen LogP contribution in [0.3, 0.4) is 0 Å². The first-order valence-corrected chi connectivity index (χ1v) is 8.17. The third-order valence-corrected chi connectivity index (χ3v) is 3.91. The summed E-state index contributed by atoms with van der Waals surface area (Å²) in [4.78, 5) is 12.2. The fourth-order valence-electron chi connectivity index (χ4n) is 2.81. The molecule has 3 aromatic rings. The number of alkyl halides is 3. The van der Waals surface area contributed by atoms with Crippen molar-refractivity contribution in [3.8, 4) is 17.6 Å². The van der Waals surface area contributed by atoms with E-state index in [-0.39, 0.29) is 12.3 Å². The van der Waals surface area contributed by atoms with Crippen molar-refractivity contribution in [1.82, 2.24) is 9.78 Å². The van der Waals surface area contributed by atoms with E-state index in [4.69, 9.17) is 4.74 Å². The van der Waals surface area contributed by atoms with E-state index in [0.29, 0.717) is 27.7 Å². The molecule has 2 aromatic carbocycles. The van der Waals surface area contributed by atoms with Crippen molar-refractivity contribution < 1.29 is 27.4 Å². The molecule has 0 unspecified atom stereocenters. The van der Waals surface area contributed by atoms with Crippen LogP contribution >= 0.6 is 0 Å². The summed E-state index contributed by atoms with van der Waals surface area (Å²) >= 11 is 0. The molecule has 0 saturated heterocycles. The van der Waals surface area contributed by atoms with E-state index in [1.165, 1.54) is 31.4 Å². The molecular weight excluding hydrogens is 373 g/mol. The molecule has 144 valence electrons. The first-order chi connectivity index (χ1) is 13.3. The van der Waals surface area contributed by atoms with Gasteiger partial charge in [0.1, 0.15) is 11.4 Å². The van der Waals surface area contributed by atoms with Crippen molar-refractivity contribution in [2.45, 2.75) is 19.8 Å². The summed E-state index contributed by atoms with van der Waals surface area (Å²) in [7, 11) is 1.29. The minimum absolute atomic E-state index is 0.224. The Morgan fingerprint density at radius 2 is 1.89 bits per heavy atom. The van der Waals surface area contributed by atoms with Crippen molar-refractivity contribution in [2.75, 3.05) is 7.11 Å². The van der Waals surface area contributed by atoms with Crippen molar-refractivity contribution in [3.63, 3.8) is 0 Å². The maximum Gasteiger partial charge on any atom is 0.573 e. The molecule has 3 rings (SSSR count). The van der Waals surface area contributed by atoms with Gasteiger partial charge in [-0.25, -0.2) is 4.79 Å². The molecule has 5 nitrogen and oxygen atoms in total. The molecule has 0 atom stereocenters.